The van der Waals surface area contributed by atoms with Crippen LogP contribution in [0.5, 0.6) is 0 Å². The van der Waals surface area contributed by atoms with Gasteiger partial charge in [0.05, 0.1) is 0 Å². The summed E-state index contributed by atoms with van der Waals surface area (Å²) >= 11 is 3.81. The second-order valence-electron chi connectivity index (χ2n) is 5.48. The van der Waals surface area contributed by atoms with Gasteiger partial charge >= 0.3 is 0 Å². The fourth-order valence-electron chi connectivity index (χ4n) is 3.50. The highest BCUT2D eigenvalue weighted by Gasteiger charge is 2.39. The molecule has 2 saturated carbocycles. The monoisotopic (exact) mass is 272 g/mol. The van der Waals surface area contributed by atoms with Crippen LogP contribution in [0.1, 0.15) is 57.8 Å². The number of carbonyl (C=O) groups excluding carboxylic acids is 1. The Bertz CT molecular complexity index is 221. The molecule has 0 aliphatic heterocycles. The fourth-order valence-corrected chi connectivity index (χ4v) is 4.67. The Morgan fingerprint density at radius 3 is 2.53 bits per heavy atom. The molecule has 0 amide bonds. The molecule has 0 aromatic heterocycles. The normalized spacial score (nSPS) is 35.3. The number of hydrogen-bond acceptors (Lipinski definition) is 1. The van der Waals surface area contributed by atoms with Crippen LogP contribution in [0.15, 0.2) is 0 Å². The van der Waals surface area contributed by atoms with Crippen molar-refractivity contribution in [2.45, 2.75) is 62.6 Å². The van der Waals surface area contributed by atoms with Gasteiger partial charge in [0.15, 0.2) is 0 Å². The van der Waals surface area contributed by atoms with Crippen molar-refractivity contribution in [1.29, 1.82) is 0 Å². The topological polar surface area (TPSA) is 17.1 Å². The molecule has 0 saturated heterocycles. The molecule has 2 atom stereocenters. The molecule has 0 bridgehead atoms. The largest absolute Gasteiger partial charge is 0.303 e. The van der Waals surface area contributed by atoms with E-state index in [4.69, 9.17) is 0 Å². The van der Waals surface area contributed by atoms with Crippen molar-refractivity contribution in [3.05, 3.63) is 0 Å². The smallest absolute Gasteiger partial charge is 0.120 e. The third-order valence-corrected chi connectivity index (χ3v) is 5.57. The fraction of sp³-hybridized carbons (Fsp3) is 0.923. The van der Waals surface area contributed by atoms with E-state index < -0.39 is 0 Å². The van der Waals surface area contributed by atoms with E-state index in [9.17, 15) is 4.79 Å². The summed E-state index contributed by atoms with van der Waals surface area (Å²) in [6.07, 6.45) is 13.0. The van der Waals surface area contributed by atoms with E-state index in [0.717, 1.165) is 12.7 Å². The maximum absolute atomic E-state index is 10.6. The minimum Gasteiger partial charge on any atom is -0.303 e. The van der Waals surface area contributed by atoms with Crippen LogP contribution >= 0.6 is 15.9 Å². The molecule has 15 heavy (non-hydrogen) atoms. The minimum atomic E-state index is 0.592. The summed E-state index contributed by atoms with van der Waals surface area (Å²) < 4.78 is 0. The highest BCUT2D eigenvalue weighted by molar-refractivity contribution is 9.09. The average Bonchev–Trinajstić information content (AvgIpc) is 2.24. The van der Waals surface area contributed by atoms with Gasteiger partial charge in [0, 0.05) is 11.2 Å². The van der Waals surface area contributed by atoms with Crippen LogP contribution in [-0.4, -0.2) is 11.1 Å². The van der Waals surface area contributed by atoms with Gasteiger partial charge in [0.25, 0.3) is 0 Å². The predicted octanol–water partition coefficient (Wildman–Crippen LogP) is 4.09. The number of carbonyl (C=O) groups is 1. The van der Waals surface area contributed by atoms with Gasteiger partial charge in [-0.25, -0.2) is 0 Å². The van der Waals surface area contributed by atoms with Crippen LogP contribution in [-0.2, 0) is 4.79 Å². The molecular formula is C13H21BrO. The number of hydrogen-bond donors (Lipinski definition) is 0. The number of halogens is 1. The SMILES string of the molecule is O=CCC1CCC2(CCCCC2)CC1Br. The van der Waals surface area contributed by atoms with E-state index in [1.54, 1.807) is 0 Å². The molecule has 2 aliphatic rings. The second kappa shape index (κ2) is 4.99. The predicted molar refractivity (Wildman–Crippen MR) is 66.3 cm³/mol. The zero-order chi connectivity index (χ0) is 10.7. The second-order valence-corrected chi connectivity index (χ2v) is 6.66. The Kier molecular flexibility index (Phi) is 3.87. The Hall–Kier alpha value is 0.150. The lowest BCUT2D eigenvalue weighted by atomic mass is 9.63. The lowest BCUT2D eigenvalue weighted by Gasteiger charge is -2.45. The van der Waals surface area contributed by atoms with E-state index in [1.165, 1.54) is 51.4 Å². The van der Waals surface area contributed by atoms with Gasteiger partial charge in [-0.05, 0) is 43.4 Å². The first kappa shape index (κ1) is 11.6. The molecule has 1 spiro atoms. The van der Waals surface area contributed by atoms with Crippen molar-refractivity contribution in [1.82, 2.24) is 0 Å². The van der Waals surface area contributed by atoms with E-state index in [1.807, 2.05) is 0 Å². The van der Waals surface area contributed by atoms with Gasteiger partial charge < -0.3 is 4.79 Å². The van der Waals surface area contributed by atoms with Crippen molar-refractivity contribution in [2.75, 3.05) is 0 Å². The molecule has 1 nitrogen and oxygen atoms in total. The Balaban J connectivity index is 1.94. The molecule has 2 aliphatic carbocycles. The molecule has 0 heterocycles. The molecule has 0 radical (unpaired) electrons. The van der Waals surface area contributed by atoms with Crippen LogP contribution in [0, 0.1) is 11.3 Å². The Morgan fingerprint density at radius 1 is 1.20 bits per heavy atom. The van der Waals surface area contributed by atoms with E-state index in [-0.39, 0.29) is 0 Å². The summed E-state index contributed by atoms with van der Waals surface area (Å²) in [6.45, 7) is 0. The maximum Gasteiger partial charge on any atom is 0.120 e. The van der Waals surface area contributed by atoms with Gasteiger partial charge in [-0.1, -0.05) is 35.2 Å². The molecule has 86 valence electrons. The van der Waals surface area contributed by atoms with E-state index in [0.29, 0.717) is 16.2 Å². The summed E-state index contributed by atoms with van der Waals surface area (Å²) in [7, 11) is 0. The van der Waals surface area contributed by atoms with Crippen LogP contribution < -0.4 is 0 Å². The quantitative estimate of drug-likeness (QED) is 0.547. The highest BCUT2D eigenvalue weighted by Crippen LogP contribution is 2.51. The molecule has 2 unspecified atom stereocenters. The molecular weight excluding hydrogens is 252 g/mol. The van der Waals surface area contributed by atoms with E-state index >= 15 is 0 Å². The van der Waals surface area contributed by atoms with Crippen LogP contribution in [0.4, 0.5) is 0 Å². The minimum absolute atomic E-state index is 0.592. The van der Waals surface area contributed by atoms with Crippen LogP contribution in [0.25, 0.3) is 0 Å². The first-order chi connectivity index (χ1) is 7.26. The third-order valence-electron chi connectivity index (χ3n) is 4.50. The standard InChI is InChI=1S/C13H21BrO/c14-12-10-13(6-2-1-3-7-13)8-4-11(12)5-9-15/h9,11-12H,1-8,10H2. The molecule has 0 aromatic carbocycles. The first-order valence-electron chi connectivity index (χ1n) is 6.33. The maximum atomic E-state index is 10.6. The van der Waals surface area contributed by atoms with Crippen LogP contribution in [0.3, 0.4) is 0 Å². The number of rotatable bonds is 2. The van der Waals surface area contributed by atoms with Gasteiger partial charge in [-0.15, -0.1) is 0 Å². The lowest BCUT2D eigenvalue weighted by molar-refractivity contribution is -0.109. The number of aldehydes is 1. The zero-order valence-electron chi connectivity index (χ0n) is 9.38. The molecule has 2 heteroatoms. The Morgan fingerprint density at radius 2 is 1.93 bits per heavy atom. The van der Waals surface area contributed by atoms with Crippen LogP contribution in [0.2, 0.25) is 0 Å². The van der Waals surface area contributed by atoms with E-state index in [2.05, 4.69) is 15.9 Å². The summed E-state index contributed by atoms with van der Waals surface area (Å²) in [5.41, 5.74) is 0.645. The zero-order valence-corrected chi connectivity index (χ0v) is 11.0. The summed E-state index contributed by atoms with van der Waals surface area (Å²) in [6, 6.07) is 0. The highest BCUT2D eigenvalue weighted by atomic mass is 79.9. The Labute approximate surface area is 101 Å². The van der Waals surface area contributed by atoms with Gasteiger partial charge in [-0.2, -0.15) is 0 Å². The van der Waals surface area contributed by atoms with Gasteiger partial charge in [0.1, 0.15) is 6.29 Å². The van der Waals surface area contributed by atoms with Crippen molar-refractivity contribution >= 4 is 22.2 Å². The van der Waals surface area contributed by atoms with Gasteiger partial charge in [0.2, 0.25) is 0 Å². The number of alkyl halides is 1. The molecule has 2 fully saturated rings. The van der Waals surface area contributed by atoms with Crippen molar-refractivity contribution < 1.29 is 4.79 Å². The van der Waals surface area contributed by atoms with Crippen molar-refractivity contribution in [2.24, 2.45) is 11.3 Å². The summed E-state index contributed by atoms with van der Waals surface area (Å²) in [5, 5.41) is 0. The third kappa shape index (κ3) is 2.64. The van der Waals surface area contributed by atoms with Crippen molar-refractivity contribution in [3.63, 3.8) is 0 Å². The lowest BCUT2D eigenvalue weighted by Crippen LogP contribution is -2.36. The summed E-state index contributed by atoms with van der Waals surface area (Å²) in [4.78, 5) is 11.2. The van der Waals surface area contributed by atoms with Gasteiger partial charge in [-0.3, -0.25) is 0 Å². The first-order valence-corrected chi connectivity index (χ1v) is 7.25. The summed E-state index contributed by atoms with van der Waals surface area (Å²) in [5.74, 6) is 0.607. The average molecular weight is 273 g/mol. The molecule has 0 aromatic rings. The van der Waals surface area contributed by atoms with Crippen molar-refractivity contribution in [3.8, 4) is 0 Å². The molecule has 2 rings (SSSR count). The molecule has 0 N–H and O–H groups in total.